The van der Waals surface area contributed by atoms with E-state index in [4.69, 9.17) is 0 Å². The number of carbonyl (C=O) groups is 4. The van der Waals surface area contributed by atoms with Gasteiger partial charge in [-0.3, -0.25) is 0 Å². The predicted molar refractivity (Wildman–Crippen MR) is 40.7 cm³/mol. The van der Waals surface area contributed by atoms with Crippen LogP contribution in [-0.2, 0) is 31.0 Å². The molecule has 0 aliphatic carbocycles. The van der Waals surface area contributed by atoms with Crippen molar-refractivity contribution in [3.8, 4) is 0 Å². The maximum absolute atomic E-state index is 10.3. The van der Waals surface area contributed by atoms with E-state index in [1.165, 1.54) is 0 Å². The van der Waals surface area contributed by atoms with E-state index in [9.17, 15) is 19.2 Å². The molecule has 11 heavy (non-hydrogen) atoms. The number of thiocarbonyl (C=S) groups is 1. The molecule has 0 saturated heterocycles. The topological polar surface area (TPSA) is 68.3 Å². The van der Waals surface area contributed by atoms with E-state index in [-0.39, 0.29) is 20.7 Å². The second-order valence-electron chi connectivity index (χ2n) is 1.60. The second-order valence-corrected chi connectivity index (χ2v) is 7.26. The molecule has 63 valence electrons. The molecule has 0 saturated carbocycles. The number of hydrogen-bond acceptors (Lipinski definition) is 5. The van der Waals surface area contributed by atoms with E-state index in [0.717, 1.165) is 0 Å². The third-order valence-corrected chi connectivity index (χ3v) is 5.55. The molecule has 0 heterocycles. The first-order valence-corrected chi connectivity index (χ1v) is 5.86. The minimum atomic E-state index is -4.34. The summed E-state index contributed by atoms with van der Waals surface area (Å²) in [6.07, 6.45) is 0. The van der Waals surface area contributed by atoms with Gasteiger partial charge in [0.15, 0.2) is 0 Å². The van der Waals surface area contributed by atoms with Gasteiger partial charge in [0, 0.05) is 0 Å². The van der Waals surface area contributed by atoms with Gasteiger partial charge in [-0.2, -0.15) is 0 Å². The van der Waals surface area contributed by atoms with E-state index in [0.29, 0.717) is 4.27 Å². The fourth-order valence-electron chi connectivity index (χ4n) is 0.196. The second kappa shape index (κ2) is 3.13. The van der Waals surface area contributed by atoms with Crippen molar-refractivity contribution in [1.82, 2.24) is 0 Å². The molecule has 0 bridgehead atoms. The van der Waals surface area contributed by atoms with E-state index >= 15 is 0 Å². The summed E-state index contributed by atoms with van der Waals surface area (Å²) in [5, 5.41) is 0.233. The van der Waals surface area contributed by atoms with Crippen molar-refractivity contribution in [2.45, 2.75) is 0 Å². The molecular weight excluding hydrogens is 212 g/mol. The van der Waals surface area contributed by atoms with Gasteiger partial charge in [0.25, 0.3) is 0 Å². The summed E-state index contributed by atoms with van der Waals surface area (Å²) in [6.45, 7) is 0. The van der Waals surface area contributed by atoms with Crippen molar-refractivity contribution in [3.63, 3.8) is 0 Å². The number of carbonyl (C=O) groups excluding carboxylic acids is 4. The Morgan fingerprint density at radius 1 is 0.818 bits per heavy atom. The average molecular weight is 217 g/mol. The molecule has 0 aliphatic rings. The standard InChI is InChI=1S/4CHO.CHS.Fe/c5*1-2;/h5*1H;. The fourth-order valence-corrected chi connectivity index (χ4v) is 1.46. The van der Waals surface area contributed by atoms with Crippen LogP contribution in [0, 0.1) is 0 Å². The third kappa shape index (κ3) is 1.33. The molecule has 0 rings (SSSR count). The molecule has 0 radical (unpaired) electrons. The van der Waals surface area contributed by atoms with Crippen LogP contribution in [0.1, 0.15) is 0 Å². The molecule has 0 aromatic heterocycles. The predicted octanol–water partition coefficient (Wildman–Crippen LogP) is -0.606. The molecule has 4 nitrogen and oxygen atoms in total. The molecule has 0 unspecified atom stereocenters. The Morgan fingerprint density at radius 3 is 1.09 bits per heavy atom. The van der Waals surface area contributed by atoms with Gasteiger partial charge >= 0.3 is 68.2 Å². The third-order valence-electron chi connectivity index (χ3n) is 0.962. The fraction of sp³-hybridized carbons (Fsp3) is 0. The van der Waals surface area contributed by atoms with Gasteiger partial charge in [-0.25, -0.2) is 0 Å². The van der Waals surface area contributed by atoms with Gasteiger partial charge < -0.3 is 0 Å². The van der Waals surface area contributed by atoms with Crippen molar-refractivity contribution in [2.24, 2.45) is 0 Å². The van der Waals surface area contributed by atoms with Crippen LogP contribution in [0.2, 0.25) is 0 Å². The minimum absolute atomic E-state index is 0.0583. The van der Waals surface area contributed by atoms with Crippen molar-refractivity contribution < 1.29 is 31.0 Å². The van der Waals surface area contributed by atoms with Crippen molar-refractivity contribution in [1.29, 1.82) is 0 Å². The summed E-state index contributed by atoms with van der Waals surface area (Å²) in [5.41, 5.74) is 0. The molecule has 0 N–H and O–H groups in total. The Balaban J connectivity index is 5.51. The van der Waals surface area contributed by atoms with Crippen LogP contribution in [0.25, 0.3) is 0 Å². The monoisotopic (exact) mass is 217 g/mol. The molecule has 0 aliphatic heterocycles. The average Bonchev–Trinajstić information content (AvgIpc) is 2.12. The summed E-state index contributed by atoms with van der Waals surface area (Å²) in [4.78, 5) is 41.4. The molecule has 0 amide bonds. The summed E-state index contributed by atoms with van der Waals surface area (Å²) in [5.74, 6) is 0. The summed E-state index contributed by atoms with van der Waals surface area (Å²) in [7, 11) is 0. The van der Waals surface area contributed by atoms with Crippen molar-refractivity contribution in [2.75, 3.05) is 0 Å². The van der Waals surface area contributed by atoms with Gasteiger partial charge in [-0.15, -0.1) is 0 Å². The maximum atomic E-state index is 10.3. The summed E-state index contributed by atoms with van der Waals surface area (Å²) < 4.78 is 0.683. The molecule has 0 fully saturated rings. The number of rotatable bonds is 5. The molecule has 6 heteroatoms. The van der Waals surface area contributed by atoms with Gasteiger partial charge in [-0.1, -0.05) is 0 Å². The molecule has 0 atom stereocenters. The van der Waals surface area contributed by atoms with E-state index in [2.05, 4.69) is 12.2 Å². The zero-order valence-electron chi connectivity index (χ0n) is 5.28. The van der Waals surface area contributed by atoms with Crippen LogP contribution in [0.15, 0.2) is 0 Å². The van der Waals surface area contributed by atoms with Gasteiger partial charge in [0.05, 0.1) is 0 Å². The molecular formula is C5H5FeO4S. The van der Waals surface area contributed by atoms with Gasteiger partial charge in [-0.05, 0) is 0 Å². The van der Waals surface area contributed by atoms with E-state index in [1.807, 2.05) is 0 Å². The van der Waals surface area contributed by atoms with Crippen molar-refractivity contribution in [3.05, 3.63) is 0 Å². The van der Waals surface area contributed by atoms with Gasteiger partial charge in [0.2, 0.25) is 0 Å². The van der Waals surface area contributed by atoms with E-state index < -0.39 is 11.8 Å². The Bertz CT molecular complexity index is 173. The summed E-state index contributed by atoms with van der Waals surface area (Å²) >= 11 is -0.0278. The Kier molecular flexibility index (Phi) is 2.92. The van der Waals surface area contributed by atoms with Crippen LogP contribution in [-0.4, -0.2) is 25.0 Å². The van der Waals surface area contributed by atoms with Crippen LogP contribution in [0.5, 0.6) is 0 Å². The first-order valence-electron chi connectivity index (χ1n) is 2.20. The van der Waals surface area contributed by atoms with Crippen LogP contribution in [0.3, 0.4) is 0 Å². The number of hydrogen-bond donors (Lipinski definition) is 0. The van der Waals surface area contributed by atoms with Crippen LogP contribution >= 0.6 is 12.2 Å². The summed E-state index contributed by atoms with van der Waals surface area (Å²) in [6, 6.07) is 0. The molecule has 0 aromatic rings. The first kappa shape index (κ1) is 10.3. The Hall–Kier alpha value is -0.711. The quantitative estimate of drug-likeness (QED) is 0.349. The van der Waals surface area contributed by atoms with Crippen molar-refractivity contribution >= 4 is 37.2 Å². The molecule has 0 aromatic carbocycles. The van der Waals surface area contributed by atoms with Crippen LogP contribution in [0.4, 0.5) is 0 Å². The Labute approximate surface area is 68.5 Å². The van der Waals surface area contributed by atoms with Crippen LogP contribution < -0.4 is 0 Å². The first-order chi connectivity index (χ1) is 5.12. The van der Waals surface area contributed by atoms with E-state index in [1.54, 1.807) is 0 Å². The van der Waals surface area contributed by atoms with Gasteiger partial charge in [0.1, 0.15) is 0 Å². The normalized spacial score (nSPS) is 13.6. The zero-order valence-corrected chi connectivity index (χ0v) is 7.20. The molecule has 0 spiro atoms. The zero-order chi connectivity index (χ0) is 8.98. The SMILES string of the molecule is O=[CH][Fe]([CH]=O)([CH]=O)([CH]=O)[CH]=S. The Morgan fingerprint density at radius 2 is 1.09 bits per heavy atom.